The summed E-state index contributed by atoms with van der Waals surface area (Å²) in [6.07, 6.45) is -1.07. The molecule has 0 aliphatic heterocycles. The summed E-state index contributed by atoms with van der Waals surface area (Å²) < 4.78 is 5.48. The van der Waals surface area contributed by atoms with Gasteiger partial charge in [0.1, 0.15) is 11.9 Å². The predicted octanol–water partition coefficient (Wildman–Crippen LogP) is 2.72. The van der Waals surface area contributed by atoms with Gasteiger partial charge >= 0.3 is 5.97 Å². The Bertz CT molecular complexity index is 395. The van der Waals surface area contributed by atoms with Crippen LogP contribution >= 0.6 is 11.3 Å². The fourth-order valence-corrected chi connectivity index (χ4v) is 2.14. The van der Waals surface area contributed by atoms with Crippen LogP contribution in [0.25, 0.3) is 0 Å². The third-order valence-corrected chi connectivity index (χ3v) is 3.88. The third-order valence-electron chi connectivity index (χ3n) is 2.47. The lowest BCUT2D eigenvalue weighted by atomic mass is 10.2. The van der Waals surface area contributed by atoms with Gasteiger partial charge in [-0.25, -0.2) is 4.79 Å². The Hall–Kier alpha value is -1.07. The Morgan fingerprint density at radius 2 is 1.94 bits per heavy atom. The first-order valence-corrected chi connectivity index (χ1v) is 6.36. The third kappa shape index (κ3) is 3.44. The Morgan fingerprint density at radius 1 is 1.35 bits per heavy atom. The molecule has 0 aliphatic carbocycles. The van der Waals surface area contributed by atoms with E-state index in [0.717, 1.165) is 4.88 Å². The van der Waals surface area contributed by atoms with Crippen molar-refractivity contribution in [2.75, 3.05) is 0 Å². The summed E-state index contributed by atoms with van der Waals surface area (Å²) in [6, 6.07) is 1.75. The van der Waals surface area contributed by atoms with Crippen LogP contribution in [0, 0.1) is 0 Å². The van der Waals surface area contributed by atoms with E-state index < -0.39 is 18.2 Å². The van der Waals surface area contributed by atoms with Gasteiger partial charge in [0.25, 0.3) is 0 Å². The van der Waals surface area contributed by atoms with Crippen molar-refractivity contribution < 1.29 is 19.7 Å². The fraction of sp³-hybridized carbons (Fsp3) is 0.583. The Labute approximate surface area is 105 Å². The van der Waals surface area contributed by atoms with Crippen LogP contribution in [-0.4, -0.2) is 28.4 Å². The number of rotatable bonds is 5. The van der Waals surface area contributed by atoms with Crippen molar-refractivity contribution in [3.05, 3.63) is 15.8 Å². The van der Waals surface area contributed by atoms with Gasteiger partial charge in [-0.1, -0.05) is 13.8 Å². The second-order valence-corrected chi connectivity index (χ2v) is 5.45. The lowest BCUT2D eigenvalue weighted by molar-refractivity contribution is 0.0567. The van der Waals surface area contributed by atoms with Crippen LogP contribution in [0.1, 0.15) is 48.2 Å². The highest BCUT2D eigenvalue weighted by molar-refractivity contribution is 7.14. The molecule has 5 heteroatoms. The number of thiophene rings is 1. The number of aliphatic hydroxyl groups excluding tert-OH is 1. The topological polar surface area (TPSA) is 66.8 Å². The molecule has 1 rings (SSSR count). The molecular weight excluding hydrogens is 240 g/mol. The number of aromatic carboxylic acids is 1. The lowest BCUT2D eigenvalue weighted by Gasteiger charge is -2.16. The van der Waals surface area contributed by atoms with Crippen LogP contribution in [-0.2, 0) is 0 Å². The van der Waals surface area contributed by atoms with Crippen LogP contribution in [0.3, 0.4) is 0 Å². The molecule has 1 heterocycles. The number of carbonyl (C=O) groups is 1. The number of carboxylic acids is 1. The number of aliphatic hydroxyl groups is 1. The molecule has 0 saturated carbocycles. The number of ether oxygens (including phenoxy) is 1. The summed E-state index contributed by atoms with van der Waals surface area (Å²) >= 11 is 1.22. The van der Waals surface area contributed by atoms with Gasteiger partial charge in [0, 0.05) is 4.88 Å². The molecule has 0 aliphatic rings. The lowest BCUT2D eigenvalue weighted by Crippen LogP contribution is -2.25. The highest BCUT2D eigenvalue weighted by atomic mass is 32.1. The first-order chi connectivity index (χ1) is 7.82. The molecule has 17 heavy (non-hydrogen) atoms. The number of hydrogen-bond donors (Lipinski definition) is 2. The van der Waals surface area contributed by atoms with Crippen LogP contribution < -0.4 is 4.74 Å². The smallest absolute Gasteiger partial charge is 0.349 e. The van der Waals surface area contributed by atoms with E-state index >= 15 is 0 Å². The van der Waals surface area contributed by atoms with Crippen molar-refractivity contribution in [2.24, 2.45) is 0 Å². The van der Waals surface area contributed by atoms with Crippen molar-refractivity contribution >= 4 is 17.3 Å². The molecule has 2 unspecified atom stereocenters. The zero-order valence-corrected chi connectivity index (χ0v) is 11.2. The Balaban J connectivity index is 3.00. The molecule has 1 aromatic rings. The van der Waals surface area contributed by atoms with Crippen LogP contribution in [0.5, 0.6) is 5.75 Å². The minimum absolute atomic E-state index is 0.196. The summed E-state index contributed by atoms with van der Waals surface area (Å²) in [5, 5.41) is 18.4. The minimum Gasteiger partial charge on any atom is -0.486 e. The van der Waals surface area contributed by atoms with E-state index in [0.29, 0.717) is 5.75 Å². The average molecular weight is 258 g/mol. The van der Waals surface area contributed by atoms with Gasteiger partial charge in [-0.2, -0.15) is 0 Å². The SMILES string of the molecule is CC(C)c1cc(OC(C)C(C)O)c(C(=O)O)s1. The minimum atomic E-state index is -0.991. The second-order valence-electron chi connectivity index (χ2n) is 4.37. The molecule has 96 valence electrons. The molecule has 0 amide bonds. The van der Waals surface area contributed by atoms with E-state index in [4.69, 9.17) is 9.84 Å². The molecule has 4 nitrogen and oxygen atoms in total. The van der Waals surface area contributed by atoms with Crippen molar-refractivity contribution in [1.29, 1.82) is 0 Å². The van der Waals surface area contributed by atoms with E-state index in [1.807, 2.05) is 13.8 Å². The molecule has 2 atom stereocenters. The molecule has 0 spiro atoms. The zero-order chi connectivity index (χ0) is 13.2. The summed E-state index contributed by atoms with van der Waals surface area (Å²) in [5.74, 6) is -0.383. The van der Waals surface area contributed by atoms with Crippen LogP contribution in [0.2, 0.25) is 0 Å². The maximum Gasteiger partial charge on any atom is 0.349 e. The maximum atomic E-state index is 11.1. The van der Waals surface area contributed by atoms with Crippen molar-refractivity contribution in [1.82, 2.24) is 0 Å². The van der Waals surface area contributed by atoms with Gasteiger partial charge < -0.3 is 14.9 Å². The highest BCUT2D eigenvalue weighted by Gasteiger charge is 2.21. The summed E-state index contributed by atoms with van der Waals surface area (Å²) in [4.78, 5) is 12.2. The van der Waals surface area contributed by atoms with Crippen LogP contribution in [0.15, 0.2) is 6.07 Å². The zero-order valence-electron chi connectivity index (χ0n) is 10.4. The first-order valence-electron chi connectivity index (χ1n) is 5.54. The Morgan fingerprint density at radius 3 is 2.35 bits per heavy atom. The molecule has 1 aromatic heterocycles. The van der Waals surface area contributed by atoms with E-state index in [1.165, 1.54) is 11.3 Å². The van der Waals surface area contributed by atoms with Crippen molar-refractivity contribution in [3.63, 3.8) is 0 Å². The molecular formula is C12H18O4S. The van der Waals surface area contributed by atoms with E-state index in [2.05, 4.69) is 0 Å². The monoisotopic (exact) mass is 258 g/mol. The van der Waals surface area contributed by atoms with E-state index in [9.17, 15) is 9.90 Å². The normalized spacial score (nSPS) is 14.7. The fourth-order valence-electron chi connectivity index (χ4n) is 1.21. The van der Waals surface area contributed by atoms with Gasteiger partial charge in [0.2, 0.25) is 0 Å². The van der Waals surface area contributed by atoms with Gasteiger partial charge in [-0.3, -0.25) is 0 Å². The van der Waals surface area contributed by atoms with Crippen molar-refractivity contribution in [2.45, 2.75) is 45.8 Å². The van der Waals surface area contributed by atoms with Gasteiger partial charge in [-0.05, 0) is 25.8 Å². The summed E-state index contributed by atoms with van der Waals surface area (Å²) in [6.45, 7) is 7.32. The molecule has 0 fully saturated rings. The molecule has 0 aromatic carbocycles. The van der Waals surface area contributed by atoms with E-state index in [-0.39, 0.29) is 10.8 Å². The van der Waals surface area contributed by atoms with Crippen molar-refractivity contribution in [3.8, 4) is 5.75 Å². The highest BCUT2D eigenvalue weighted by Crippen LogP contribution is 2.34. The quantitative estimate of drug-likeness (QED) is 0.852. The van der Waals surface area contributed by atoms with Gasteiger partial charge in [-0.15, -0.1) is 11.3 Å². The molecule has 0 saturated heterocycles. The maximum absolute atomic E-state index is 11.1. The molecule has 0 radical (unpaired) electrons. The molecule has 0 bridgehead atoms. The number of carboxylic acid groups (broad SMARTS) is 1. The first kappa shape index (κ1) is 14.0. The predicted molar refractivity (Wildman–Crippen MR) is 67.1 cm³/mol. The largest absolute Gasteiger partial charge is 0.486 e. The average Bonchev–Trinajstić information content (AvgIpc) is 2.61. The van der Waals surface area contributed by atoms with Crippen LogP contribution in [0.4, 0.5) is 0 Å². The summed E-state index contributed by atoms with van der Waals surface area (Å²) in [5.41, 5.74) is 0. The van der Waals surface area contributed by atoms with E-state index in [1.54, 1.807) is 19.9 Å². The summed E-state index contributed by atoms with van der Waals surface area (Å²) in [7, 11) is 0. The van der Waals surface area contributed by atoms with Gasteiger partial charge in [0.15, 0.2) is 4.88 Å². The molecule has 2 N–H and O–H groups in total. The van der Waals surface area contributed by atoms with Gasteiger partial charge in [0.05, 0.1) is 6.10 Å². The number of hydrogen-bond acceptors (Lipinski definition) is 4. The second kappa shape index (κ2) is 5.51. The standard InChI is InChI=1S/C12H18O4S/c1-6(2)10-5-9(11(17-10)12(14)15)16-8(4)7(3)13/h5-8,13H,1-4H3,(H,14,15). The Kier molecular flexibility index (Phi) is 4.54.